The summed E-state index contributed by atoms with van der Waals surface area (Å²) >= 11 is 3.35. The molecule has 5 heteroatoms. The summed E-state index contributed by atoms with van der Waals surface area (Å²) in [6.45, 7) is 0.588. The fourth-order valence-electron chi connectivity index (χ4n) is 1.56. The zero-order chi connectivity index (χ0) is 10.2. The molecule has 1 saturated heterocycles. The number of hydrogen-bond acceptors (Lipinski definition) is 2. The fourth-order valence-corrected chi connectivity index (χ4v) is 3.76. The summed E-state index contributed by atoms with van der Waals surface area (Å²) in [5.74, 6) is 0.258. The van der Waals surface area contributed by atoms with Crippen LogP contribution >= 0.6 is 15.9 Å². The van der Waals surface area contributed by atoms with Crippen LogP contribution in [0.4, 0.5) is 5.69 Å². The van der Waals surface area contributed by atoms with Crippen LogP contribution in [0.1, 0.15) is 6.42 Å². The lowest BCUT2D eigenvalue weighted by molar-refractivity contribution is 0.599. The Labute approximate surface area is 91.9 Å². The molecule has 1 aliphatic rings. The number of hydrogen-bond donors (Lipinski definition) is 0. The largest absolute Gasteiger partial charge is 0.269 e. The van der Waals surface area contributed by atoms with Crippen LogP contribution in [0.3, 0.4) is 0 Å². The van der Waals surface area contributed by atoms with Crippen molar-refractivity contribution in [3.63, 3.8) is 0 Å². The minimum absolute atomic E-state index is 0.258. The van der Waals surface area contributed by atoms with Gasteiger partial charge in [0, 0.05) is 11.0 Å². The van der Waals surface area contributed by atoms with E-state index in [0.29, 0.717) is 13.0 Å². The molecule has 1 heterocycles. The standard InChI is InChI=1S/C9H10BrNO2S/c10-8-4-1-2-5-9(8)11-6-3-7-14(11,12)13/h1-2,4-5H,3,6-7H2. The van der Waals surface area contributed by atoms with E-state index in [9.17, 15) is 8.42 Å². The van der Waals surface area contributed by atoms with Crippen LogP contribution in [0.25, 0.3) is 0 Å². The van der Waals surface area contributed by atoms with Crippen molar-refractivity contribution in [2.24, 2.45) is 0 Å². The van der Waals surface area contributed by atoms with Crippen molar-refractivity contribution in [2.75, 3.05) is 16.6 Å². The average Bonchev–Trinajstić information content (AvgIpc) is 2.46. The van der Waals surface area contributed by atoms with Gasteiger partial charge in [0.2, 0.25) is 10.0 Å². The highest BCUT2D eigenvalue weighted by atomic mass is 79.9. The fraction of sp³-hybridized carbons (Fsp3) is 0.333. The van der Waals surface area contributed by atoms with Gasteiger partial charge in [-0.05, 0) is 34.5 Å². The molecule has 3 nitrogen and oxygen atoms in total. The minimum Gasteiger partial charge on any atom is -0.269 e. The summed E-state index contributed by atoms with van der Waals surface area (Å²) in [4.78, 5) is 0. The van der Waals surface area contributed by atoms with Crippen LogP contribution < -0.4 is 4.31 Å². The van der Waals surface area contributed by atoms with Gasteiger partial charge in [0.05, 0.1) is 11.4 Å². The Morgan fingerprint density at radius 2 is 2.00 bits per heavy atom. The minimum atomic E-state index is -3.06. The molecular weight excluding hydrogens is 266 g/mol. The Hall–Kier alpha value is -0.550. The summed E-state index contributed by atoms with van der Waals surface area (Å²) in [6.07, 6.45) is 0.712. The lowest BCUT2D eigenvalue weighted by atomic mass is 10.3. The third-order valence-electron chi connectivity index (χ3n) is 2.22. The summed E-state index contributed by atoms with van der Waals surface area (Å²) in [5, 5.41) is 0. The second-order valence-electron chi connectivity index (χ2n) is 3.19. The first-order valence-corrected chi connectivity index (χ1v) is 6.76. The zero-order valence-corrected chi connectivity index (χ0v) is 9.88. The van der Waals surface area contributed by atoms with Gasteiger partial charge in [-0.15, -0.1) is 0 Å². The first kappa shape index (κ1) is 9.98. The van der Waals surface area contributed by atoms with E-state index < -0.39 is 10.0 Å². The van der Waals surface area contributed by atoms with Gasteiger partial charge in [0.1, 0.15) is 0 Å². The van der Waals surface area contributed by atoms with Gasteiger partial charge >= 0.3 is 0 Å². The topological polar surface area (TPSA) is 37.4 Å². The maximum atomic E-state index is 11.6. The Morgan fingerprint density at radius 3 is 2.57 bits per heavy atom. The second-order valence-corrected chi connectivity index (χ2v) is 6.06. The number of halogens is 1. The van der Waals surface area contributed by atoms with Gasteiger partial charge in [-0.3, -0.25) is 4.31 Å². The zero-order valence-electron chi connectivity index (χ0n) is 7.48. The van der Waals surface area contributed by atoms with Gasteiger partial charge in [-0.2, -0.15) is 0 Å². The van der Waals surface area contributed by atoms with E-state index >= 15 is 0 Å². The number of rotatable bonds is 1. The Kier molecular flexibility index (Phi) is 2.53. The molecule has 0 radical (unpaired) electrons. The van der Waals surface area contributed by atoms with Crippen LogP contribution in [0.15, 0.2) is 28.7 Å². The quantitative estimate of drug-likeness (QED) is 0.786. The average molecular weight is 276 g/mol. The molecule has 14 heavy (non-hydrogen) atoms. The lowest BCUT2D eigenvalue weighted by Crippen LogP contribution is -2.25. The van der Waals surface area contributed by atoms with Crippen molar-refractivity contribution in [1.82, 2.24) is 0 Å². The predicted molar refractivity (Wildman–Crippen MR) is 59.9 cm³/mol. The van der Waals surface area contributed by atoms with E-state index in [4.69, 9.17) is 0 Å². The number of nitrogens with zero attached hydrogens (tertiary/aromatic N) is 1. The van der Waals surface area contributed by atoms with E-state index in [0.717, 1.165) is 10.2 Å². The first-order valence-electron chi connectivity index (χ1n) is 4.36. The molecule has 76 valence electrons. The Balaban J connectivity index is 2.46. The summed E-state index contributed by atoms with van der Waals surface area (Å²) in [6, 6.07) is 7.38. The third kappa shape index (κ3) is 1.66. The van der Waals surface area contributed by atoms with E-state index in [1.807, 2.05) is 24.3 Å². The number of sulfonamides is 1. The van der Waals surface area contributed by atoms with Crippen molar-refractivity contribution >= 4 is 31.6 Å². The molecule has 0 saturated carbocycles. The first-order chi connectivity index (χ1) is 6.61. The molecule has 1 aromatic rings. The highest BCUT2D eigenvalue weighted by Crippen LogP contribution is 2.30. The van der Waals surface area contributed by atoms with Crippen molar-refractivity contribution in [2.45, 2.75) is 6.42 Å². The number of benzene rings is 1. The van der Waals surface area contributed by atoms with E-state index in [-0.39, 0.29) is 5.75 Å². The molecule has 0 unspecified atom stereocenters. The smallest absolute Gasteiger partial charge is 0.235 e. The predicted octanol–water partition coefficient (Wildman–Crippen LogP) is 1.99. The Bertz CT molecular complexity index is 444. The van der Waals surface area contributed by atoms with Crippen LogP contribution in [-0.4, -0.2) is 20.7 Å². The van der Waals surface area contributed by atoms with Crippen LogP contribution in [0.2, 0.25) is 0 Å². The molecule has 0 aromatic heterocycles. The molecule has 2 rings (SSSR count). The van der Waals surface area contributed by atoms with Crippen molar-refractivity contribution in [3.8, 4) is 0 Å². The van der Waals surface area contributed by atoms with Gasteiger partial charge in [-0.25, -0.2) is 8.42 Å². The molecule has 0 N–H and O–H groups in total. The van der Waals surface area contributed by atoms with Gasteiger partial charge in [0.15, 0.2) is 0 Å². The molecule has 1 aromatic carbocycles. The molecule has 0 atom stereocenters. The van der Waals surface area contributed by atoms with Crippen molar-refractivity contribution < 1.29 is 8.42 Å². The normalized spacial score (nSPS) is 19.9. The van der Waals surface area contributed by atoms with Crippen LogP contribution in [0, 0.1) is 0 Å². The third-order valence-corrected chi connectivity index (χ3v) is 4.75. The molecule has 0 spiro atoms. The van der Waals surface area contributed by atoms with Crippen molar-refractivity contribution in [3.05, 3.63) is 28.7 Å². The lowest BCUT2D eigenvalue weighted by Gasteiger charge is -2.17. The highest BCUT2D eigenvalue weighted by molar-refractivity contribution is 9.10. The Morgan fingerprint density at radius 1 is 1.29 bits per heavy atom. The van der Waals surface area contributed by atoms with Gasteiger partial charge < -0.3 is 0 Å². The van der Waals surface area contributed by atoms with Crippen LogP contribution in [0.5, 0.6) is 0 Å². The molecule has 0 bridgehead atoms. The van der Waals surface area contributed by atoms with Gasteiger partial charge in [0.25, 0.3) is 0 Å². The van der Waals surface area contributed by atoms with Gasteiger partial charge in [-0.1, -0.05) is 12.1 Å². The number of anilines is 1. The maximum Gasteiger partial charge on any atom is 0.235 e. The molecule has 0 aliphatic carbocycles. The SMILES string of the molecule is O=S1(=O)CCCN1c1ccccc1Br. The summed E-state index contributed by atoms with van der Waals surface area (Å²) in [7, 11) is -3.06. The molecule has 1 fully saturated rings. The second kappa shape index (κ2) is 3.55. The molecular formula is C9H10BrNO2S. The van der Waals surface area contributed by atoms with E-state index in [1.165, 1.54) is 4.31 Å². The maximum absolute atomic E-state index is 11.6. The highest BCUT2D eigenvalue weighted by Gasteiger charge is 2.29. The summed E-state index contributed by atoms with van der Waals surface area (Å²) < 4.78 is 25.5. The number of para-hydroxylation sites is 1. The molecule has 0 amide bonds. The van der Waals surface area contributed by atoms with Crippen LogP contribution in [-0.2, 0) is 10.0 Å². The monoisotopic (exact) mass is 275 g/mol. The molecule has 1 aliphatic heterocycles. The van der Waals surface area contributed by atoms with E-state index in [1.54, 1.807) is 0 Å². The summed E-state index contributed by atoms with van der Waals surface area (Å²) in [5.41, 5.74) is 0.741. The van der Waals surface area contributed by atoms with E-state index in [2.05, 4.69) is 15.9 Å². The van der Waals surface area contributed by atoms with Crippen molar-refractivity contribution in [1.29, 1.82) is 0 Å².